The third-order valence-corrected chi connectivity index (χ3v) is 3.27. The Morgan fingerprint density at radius 3 is 2.60 bits per heavy atom. The summed E-state index contributed by atoms with van der Waals surface area (Å²) in [5, 5.41) is 0.279. The number of hydrogen-bond donors (Lipinski definition) is 1. The molecule has 6 heteroatoms. The van der Waals surface area contributed by atoms with Crippen molar-refractivity contribution in [2.75, 3.05) is 0 Å². The van der Waals surface area contributed by atoms with Crippen LogP contribution >= 0.6 is 11.6 Å². The maximum atomic E-state index is 13.5. The largest absolute Gasteiger partial charge is 0.333 e. The maximum Gasteiger partial charge on any atom is 0.333 e. The summed E-state index contributed by atoms with van der Waals surface area (Å²) < 4.78 is 14.4. The summed E-state index contributed by atoms with van der Waals surface area (Å²) in [6.07, 6.45) is 0. The molecule has 1 N–H and O–H groups in total. The summed E-state index contributed by atoms with van der Waals surface area (Å²) in [6.45, 7) is 0. The van der Waals surface area contributed by atoms with Gasteiger partial charge in [-0.05, 0) is 30.3 Å². The van der Waals surface area contributed by atoms with E-state index in [1.54, 1.807) is 24.3 Å². The first kappa shape index (κ1) is 12.6. The highest BCUT2D eigenvalue weighted by Crippen LogP contribution is 2.17. The van der Waals surface area contributed by atoms with Crippen LogP contribution in [0.15, 0.2) is 52.1 Å². The van der Waals surface area contributed by atoms with Crippen LogP contribution in [0.3, 0.4) is 0 Å². The molecule has 2 aromatic carbocycles. The Balaban J connectivity index is 2.39. The van der Waals surface area contributed by atoms with Crippen molar-refractivity contribution in [3.63, 3.8) is 0 Å². The van der Waals surface area contributed by atoms with Crippen LogP contribution in [-0.2, 0) is 0 Å². The summed E-state index contributed by atoms with van der Waals surface area (Å²) in [5.41, 5.74) is -0.571. The van der Waals surface area contributed by atoms with E-state index in [1.165, 1.54) is 12.1 Å². The maximum absolute atomic E-state index is 13.5. The molecule has 0 saturated carbocycles. The molecule has 1 heterocycles. The zero-order valence-corrected chi connectivity index (χ0v) is 10.8. The van der Waals surface area contributed by atoms with Crippen molar-refractivity contribution in [3.05, 3.63) is 74.1 Å². The lowest BCUT2D eigenvalue weighted by molar-refractivity contribution is 0.626. The Morgan fingerprint density at radius 1 is 1.10 bits per heavy atom. The molecule has 0 fully saturated rings. The Bertz CT molecular complexity index is 930. The van der Waals surface area contributed by atoms with Crippen LogP contribution in [-0.4, -0.2) is 9.55 Å². The number of aromatic nitrogens is 2. The number of nitrogens with one attached hydrogen (secondary N) is 1. The predicted octanol–water partition coefficient (Wildman–Crippen LogP) is 2.47. The van der Waals surface area contributed by atoms with Crippen LogP contribution in [0, 0.1) is 5.82 Å². The topological polar surface area (TPSA) is 54.9 Å². The zero-order valence-electron chi connectivity index (χ0n) is 10.1. The molecule has 0 saturated heterocycles. The van der Waals surface area contributed by atoms with Gasteiger partial charge in [-0.3, -0.25) is 4.79 Å². The zero-order chi connectivity index (χ0) is 14.3. The first-order chi connectivity index (χ1) is 9.58. The number of H-pyrrole nitrogens is 1. The number of rotatable bonds is 1. The van der Waals surface area contributed by atoms with Crippen molar-refractivity contribution < 1.29 is 4.39 Å². The number of benzene rings is 2. The highest BCUT2D eigenvalue weighted by atomic mass is 35.5. The van der Waals surface area contributed by atoms with Crippen LogP contribution < -0.4 is 11.2 Å². The average Bonchev–Trinajstić information content (AvgIpc) is 2.43. The van der Waals surface area contributed by atoms with Crippen LogP contribution in [0.2, 0.25) is 5.02 Å². The summed E-state index contributed by atoms with van der Waals surface area (Å²) in [6, 6.07) is 10.4. The van der Waals surface area contributed by atoms with Gasteiger partial charge in [-0.25, -0.2) is 13.8 Å². The molecule has 0 amide bonds. The summed E-state index contributed by atoms with van der Waals surface area (Å²) in [5.74, 6) is -0.691. The molecule has 0 atom stereocenters. The van der Waals surface area contributed by atoms with Gasteiger partial charge in [0.2, 0.25) is 0 Å². The fourth-order valence-corrected chi connectivity index (χ4v) is 2.14. The van der Waals surface area contributed by atoms with Crippen LogP contribution in [0.5, 0.6) is 0 Å². The lowest BCUT2D eigenvalue weighted by Crippen LogP contribution is -2.33. The van der Waals surface area contributed by atoms with Gasteiger partial charge in [0.1, 0.15) is 5.82 Å². The lowest BCUT2D eigenvalue weighted by Gasteiger charge is -2.06. The van der Waals surface area contributed by atoms with Gasteiger partial charge in [0.15, 0.2) is 0 Å². The highest BCUT2D eigenvalue weighted by molar-refractivity contribution is 6.30. The molecule has 0 unspecified atom stereocenters. The fraction of sp³-hybridized carbons (Fsp3) is 0. The smallest absolute Gasteiger partial charge is 0.306 e. The molecule has 4 nitrogen and oxygen atoms in total. The SMILES string of the molecule is O=c1[nH]c2ccccc2c(=O)n1-c1ccc(Cl)c(F)c1. The molecule has 3 rings (SSSR count). The minimum absolute atomic E-state index is 0.0704. The van der Waals surface area contributed by atoms with Crippen molar-refractivity contribution >= 4 is 22.5 Å². The van der Waals surface area contributed by atoms with E-state index in [2.05, 4.69) is 4.98 Å². The normalized spacial score (nSPS) is 10.9. The molecule has 0 spiro atoms. The molecule has 100 valence electrons. The summed E-state index contributed by atoms with van der Waals surface area (Å²) >= 11 is 5.59. The standard InChI is InChI=1S/C14H8ClFN2O2/c15-10-6-5-8(7-11(10)16)18-13(19)9-3-1-2-4-12(9)17-14(18)20/h1-7H,(H,17,20). The lowest BCUT2D eigenvalue weighted by atomic mass is 10.2. The number of fused-ring (bicyclic) bond motifs is 1. The second kappa shape index (κ2) is 4.61. The summed E-state index contributed by atoms with van der Waals surface area (Å²) in [4.78, 5) is 26.9. The summed E-state index contributed by atoms with van der Waals surface area (Å²) in [7, 11) is 0. The quantitative estimate of drug-likeness (QED) is 0.748. The first-order valence-electron chi connectivity index (χ1n) is 5.77. The highest BCUT2D eigenvalue weighted by Gasteiger charge is 2.10. The fourth-order valence-electron chi connectivity index (χ4n) is 2.02. The number of hydrogen-bond acceptors (Lipinski definition) is 2. The molecule has 0 bridgehead atoms. The number of aromatic amines is 1. The Hall–Kier alpha value is -2.40. The first-order valence-corrected chi connectivity index (χ1v) is 6.15. The number of para-hydroxylation sites is 1. The van der Waals surface area contributed by atoms with Crippen molar-refractivity contribution in [3.8, 4) is 5.69 Å². The molecular weight excluding hydrogens is 283 g/mol. The van der Waals surface area contributed by atoms with E-state index >= 15 is 0 Å². The van der Waals surface area contributed by atoms with Gasteiger partial charge in [-0.1, -0.05) is 23.7 Å². The predicted molar refractivity (Wildman–Crippen MR) is 75.1 cm³/mol. The molecule has 0 aliphatic heterocycles. The van der Waals surface area contributed by atoms with E-state index in [9.17, 15) is 14.0 Å². The molecular formula is C14H8ClFN2O2. The third-order valence-electron chi connectivity index (χ3n) is 2.97. The molecule has 0 aliphatic rings. The van der Waals surface area contributed by atoms with E-state index in [1.807, 2.05) is 0 Å². The Labute approximate surface area is 117 Å². The van der Waals surface area contributed by atoms with E-state index in [-0.39, 0.29) is 10.7 Å². The average molecular weight is 291 g/mol. The van der Waals surface area contributed by atoms with Gasteiger partial charge in [0.25, 0.3) is 5.56 Å². The van der Waals surface area contributed by atoms with Crippen molar-refractivity contribution in [1.82, 2.24) is 9.55 Å². The van der Waals surface area contributed by atoms with Gasteiger partial charge in [0, 0.05) is 0 Å². The molecule has 20 heavy (non-hydrogen) atoms. The number of nitrogens with zero attached hydrogens (tertiary/aromatic N) is 1. The van der Waals surface area contributed by atoms with Gasteiger partial charge >= 0.3 is 5.69 Å². The minimum Gasteiger partial charge on any atom is -0.306 e. The molecule has 0 aliphatic carbocycles. The van der Waals surface area contributed by atoms with Crippen molar-refractivity contribution in [2.24, 2.45) is 0 Å². The van der Waals surface area contributed by atoms with Gasteiger partial charge in [-0.15, -0.1) is 0 Å². The van der Waals surface area contributed by atoms with Crippen LogP contribution in [0.25, 0.3) is 16.6 Å². The van der Waals surface area contributed by atoms with Crippen molar-refractivity contribution in [2.45, 2.75) is 0 Å². The number of halogens is 2. The van der Waals surface area contributed by atoms with E-state index < -0.39 is 17.1 Å². The molecule has 1 aromatic heterocycles. The van der Waals surface area contributed by atoms with Crippen molar-refractivity contribution in [1.29, 1.82) is 0 Å². The van der Waals surface area contributed by atoms with Gasteiger partial charge in [0.05, 0.1) is 21.6 Å². The van der Waals surface area contributed by atoms with Gasteiger partial charge < -0.3 is 4.98 Å². The monoisotopic (exact) mass is 290 g/mol. The van der Waals surface area contributed by atoms with E-state index in [0.717, 1.165) is 10.6 Å². The second-order valence-corrected chi connectivity index (χ2v) is 4.62. The van der Waals surface area contributed by atoms with Gasteiger partial charge in [-0.2, -0.15) is 0 Å². The van der Waals surface area contributed by atoms with E-state index in [0.29, 0.717) is 10.9 Å². The Kier molecular flexibility index (Phi) is 2.91. The Morgan fingerprint density at radius 2 is 1.85 bits per heavy atom. The minimum atomic E-state index is -0.691. The van der Waals surface area contributed by atoms with Crippen LogP contribution in [0.4, 0.5) is 4.39 Å². The second-order valence-electron chi connectivity index (χ2n) is 4.21. The molecule has 3 aromatic rings. The van der Waals surface area contributed by atoms with E-state index in [4.69, 9.17) is 11.6 Å². The molecule has 0 radical (unpaired) electrons. The third kappa shape index (κ3) is 1.92. The van der Waals surface area contributed by atoms with Crippen LogP contribution in [0.1, 0.15) is 0 Å².